The summed E-state index contributed by atoms with van der Waals surface area (Å²) in [5, 5.41) is 8.87. The molecule has 0 saturated heterocycles. The Kier molecular flexibility index (Phi) is 10.0. The van der Waals surface area contributed by atoms with E-state index in [1.54, 1.807) is 0 Å². The number of carboxylic acids is 1. The van der Waals surface area contributed by atoms with Crippen LogP contribution in [0, 0.1) is 0 Å². The van der Waals surface area contributed by atoms with Crippen LogP contribution in [0.5, 0.6) is 0 Å². The molecule has 0 aromatic heterocycles. The minimum absolute atomic E-state index is 0.370. The normalized spacial score (nSPS) is 12.6. The van der Waals surface area contributed by atoms with Crippen LogP contribution in [0.25, 0.3) is 6.08 Å². The maximum atomic E-state index is 10.8. The summed E-state index contributed by atoms with van der Waals surface area (Å²) in [5.74, 6) is -0.954. The van der Waals surface area contributed by atoms with Crippen molar-refractivity contribution in [1.29, 1.82) is 0 Å². The highest BCUT2D eigenvalue weighted by atomic mass is 16.4. The monoisotopic (exact) mass is 317 g/mol. The molecule has 0 heterocycles. The van der Waals surface area contributed by atoms with Crippen LogP contribution in [0.15, 0.2) is 30.3 Å². The number of carbonyl (C=O) groups is 1. The van der Waals surface area contributed by atoms with E-state index in [-0.39, 0.29) is 0 Å². The van der Waals surface area contributed by atoms with Crippen LogP contribution >= 0.6 is 0 Å². The van der Waals surface area contributed by atoms with Crippen LogP contribution in [0.2, 0.25) is 0 Å². The summed E-state index contributed by atoms with van der Waals surface area (Å²) in [4.78, 5) is 10.8. The Morgan fingerprint density at radius 3 is 2.57 bits per heavy atom. The van der Waals surface area contributed by atoms with E-state index < -0.39 is 12.0 Å². The molecule has 0 bridgehead atoms. The topological polar surface area (TPSA) is 63.3 Å². The maximum absolute atomic E-state index is 10.8. The summed E-state index contributed by atoms with van der Waals surface area (Å²) in [6, 6.07) is 7.11. The molecule has 1 aromatic rings. The predicted molar refractivity (Wildman–Crippen MR) is 97.4 cm³/mol. The summed E-state index contributed by atoms with van der Waals surface area (Å²) in [7, 11) is 0. The quantitative estimate of drug-likeness (QED) is 0.544. The minimum Gasteiger partial charge on any atom is -0.480 e. The molecule has 1 aromatic carbocycles. The predicted octanol–water partition coefficient (Wildman–Crippen LogP) is 4.79. The van der Waals surface area contributed by atoms with Gasteiger partial charge in [0.25, 0.3) is 0 Å². The number of hydrogen-bond acceptors (Lipinski definition) is 2. The molecule has 0 aliphatic carbocycles. The fraction of sp³-hybridized carbons (Fsp3) is 0.550. The second kappa shape index (κ2) is 11.9. The van der Waals surface area contributed by atoms with E-state index in [0.29, 0.717) is 6.42 Å². The van der Waals surface area contributed by atoms with Crippen molar-refractivity contribution in [3.63, 3.8) is 0 Å². The van der Waals surface area contributed by atoms with E-state index in [9.17, 15) is 4.79 Å². The number of aliphatic carboxylic acids is 1. The Morgan fingerprint density at radius 2 is 1.87 bits per heavy atom. The van der Waals surface area contributed by atoms with Crippen LogP contribution in [-0.4, -0.2) is 17.1 Å². The first-order valence-corrected chi connectivity index (χ1v) is 8.87. The lowest BCUT2D eigenvalue weighted by atomic mass is 10.0. The lowest BCUT2D eigenvalue weighted by Gasteiger charge is -2.06. The molecule has 0 fully saturated rings. The number of nitrogens with two attached hydrogens (primary N) is 1. The third kappa shape index (κ3) is 9.19. The first-order valence-electron chi connectivity index (χ1n) is 8.87. The van der Waals surface area contributed by atoms with E-state index in [1.165, 1.54) is 44.9 Å². The summed E-state index contributed by atoms with van der Waals surface area (Å²) < 4.78 is 0. The zero-order valence-corrected chi connectivity index (χ0v) is 14.3. The number of hydrogen-bond donors (Lipinski definition) is 2. The van der Waals surface area contributed by atoms with Crippen LogP contribution in [0.3, 0.4) is 0 Å². The maximum Gasteiger partial charge on any atom is 0.320 e. The summed E-state index contributed by atoms with van der Waals surface area (Å²) in [6.45, 7) is 2.25. The van der Waals surface area contributed by atoms with Gasteiger partial charge in [0.2, 0.25) is 0 Å². The van der Waals surface area contributed by atoms with E-state index in [2.05, 4.69) is 19.1 Å². The number of rotatable bonds is 12. The number of benzene rings is 1. The third-order valence-corrected chi connectivity index (χ3v) is 4.01. The Morgan fingerprint density at radius 1 is 1.17 bits per heavy atom. The number of allylic oxidation sites excluding steroid dienone is 1. The third-order valence-electron chi connectivity index (χ3n) is 4.01. The standard InChI is InChI=1S/C20H31NO2/c1-2-3-4-5-6-7-8-9-10-12-17-13-11-14-18(15-17)16-19(21)20(22)23/h10-15,19H,2-9,16,21H2,1H3,(H,22,23)/t19-/m0/s1. The van der Waals surface area contributed by atoms with Crippen molar-refractivity contribution in [2.75, 3.05) is 0 Å². The summed E-state index contributed by atoms with van der Waals surface area (Å²) in [6.07, 6.45) is 15.1. The molecule has 0 aliphatic heterocycles. The van der Waals surface area contributed by atoms with Crippen molar-refractivity contribution in [3.8, 4) is 0 Å². The highest BCUT2D eigenvalue weighted by Crippen LogP contribution is 2.12. The SMILES string of the molecule is CCCCCCCCCC=Cc1cccc(C[C@H](N)C(=O)O)c1. The van der Waals surface area contributed by atoms with Crippen molar-refractivity contribution in [3.05, 3.63) is 41.5 Å². The lowest BCUT2D eigenvalue weighted by molar-refractivity contribution is -0.138. The van der Waals surface area contributed by atoms with Crippen LogP contribution in [0.1, 0.15) is 69.4 Å². The highest BCUT2D eigenvalue weighted by molar-refractivity contribution is 5.73. The zero-order chi connectivity index (χ0) is 16.9. The van der Waals surface area contributed by atoms with Crippen molar-refractivity contribution < 1.29 is 9.90 Å². The van der Waals surface area contributed by atoms with Crippen molar-refractivity contribution in [1.82, 2.24) is 0 Å². The average Bonchev–Trinajstić information content (AvgIpc) is 2.53. The van der Waals surface area contributed by atoms with Gasteiger partial charge in [-0.1, -0.05) is 81.9 Å². The fourth-order valence-electron chi connectivity index (χ4n) is 2.60. The minimum atomic E-state index is -0.954. The van der Waals surface area contributed by atoms with Crippen LogP contribution < -0.4 is 5.73 Å². The Bertz CT molecular complexity index is 482. The van der Waals surface area contributed by atoms with Gasteiger partial charge in [0, 0.05) is 0 Å². The summed E-state index contributed by atoms with van der Waals surface area (Å²) >= 11 is 0. The Hall–Kier alpha value is -1.61. The molecule has 3 N–H and O–H groups in total. The molecule has 3 heteroatoms. The molecule has 0 spiro atoms. The molecule has 23 heavy (non-hydrogen) atoms. The number of carboxylic acid groups (broad SMARTS) is 1. The Labute approximate surface area is 140 Å². The van der Waals surface area contributed by atoms with Gasteiger partial charge in [-0.15, -0.1) is 0 Å². The first-order chi connectivity index (χ1) is 11.1. The van der Waals surface area contributed by atoms with Crippen molar-refractivity contribution in [2.24, 2.45) is 5.73 Å². The Balaban J connectivity index is 2.27. The van der Waals surface area contributed by atoms with Crippen LogP contribution in [-0.2, 0) is 11.2 Å². The van der Waals surface area contributed by atoms with Crippen molar-refractivity contribution >= 4 is 12.0 Å². The summed E-state index contributed by atoms with van der Waals surface area (Å²) in [5.41, 5.74) is 7.66. The highest BCUT2D eigenvalue weighted by Gasteiger charge is 2.11. The molecule has 1 atom stereocenters. The lowest BCUT2D eigenvalue weighted by Crippen LogP contribution is -2.32. The van der Waals surface area contributed by atoms with E-state index >= 15 is 0 Å². The van der Waals surface area contributed by atoms with Gasteiger partial charge < -0.3 is 10.8 Å². The largest absolute Gasteiger partial charge is 0.480 e. The molecule has 0 unspecified atom stereocenters. The number of unbranched alkanes of at least 4 members (excludes halogenated alkanes) is 7. The van der Waals surface area contributed by atoms with E-state index in [0.717, 1.165) is 17.5 Å². The van der Waals surface area contributed by atoms with Gasteiger partial charge >= 0.3 is 5.97 Å². The van der Waals surface area contributed by atoms with Crippen molar-refractivity contribution in [2.45, 2.75) is 70.8 Å². The van der Waals surface area contributed by atoms with Gasteiger partial charge in [0.05, 0.1) is 0 Å². The molecule has 0 saturated carbocycles. The molecule has 0 aliphatic rings. The molecule has 1 rings (SSSR count). The van der Waals surface area contributed by atoms with E-state index in [4.69, 9.17) is 10.8 Å². The second-order valence-electron chi connectivity index (χ2n) is 6.21. The van der Waals surface area contributed by atoms with Gasteiger partial charge in [0.1, 0.15) is 6.04 Å². The van der Waals surface area contributed by atoms with Gasteiger partial charge in [0.15, 0.2) is 0 Å². The first kappa shape index (κ1) is 19.4. The zero-order valence-electron chi connectivity index (χ0n) is 14.3. The molecule has 0 amide bonds. The van der Waals surface area contributed by atoms with Gasteiger partial charge in [-0.25, -0.2) is 0 Å². The average molecular weight is 317 g/mol. The van der Waals surface area contributed by atoms with Gasteiger partial charge in [-0.3, -0.25) is 4.79 Å². The molecule has 3 nitrogen and oxygen atoms in total. The van der Waals surface area contributed by atoms with Gasteiger partial charge in [-0.05, 0) is 30.4 Å². The van der Waals surface area contributed by atoms with Crippen LogP contribution in [0.4, 0.5) is 0 Å². The second-order valence-corrected chi connectivity index (χ2v) is 6.21. The molecule has 0 radical (unpaired) electrons. The van der Waals surface area contributed by atoms with E-state index in [1.807, 2.05) is 24.3 Å². The molecular weight excluding hydrogens is 286 g/mol. The molecule has 128 valence electrons. The fourth-order valence-corrected chi connectivity index (χ4v) is 2.60. The van der Waals surface area contributed by atoms with Gasteiger partial charge in [-0.2, -0.15) is 0 Å². The molecular formula is C20H31NO2. The smallest absolute Gasteiger partial charge is 0.320 e.